The van der Waals surface area contributed by atoms with E-state index in [-0.39, 0.29) is 40.3 Å². The van der Waals surface area contributed by atoms with E-state index in [1.165, 1.54) is 0 Å². The number of aromatic nitrogens is 5. The van der Waals surface area contributed by atoms with Crippen LogP contribution < -0.4 is 9.55 Å². The molecular formula is C53H47BN6OPt. The molecule has 308 valence electrons. The number of benzene rings is 6. The Morgan fingerprint density at radius 1 is 0.694 bits per heavy atom. The summed E-state index contributed by atoms with van der Waals surface area (Å²) < 4.78 is 101. The molecule has 0 amide bonds. The van der Waals surface area contributed by atoms with Gasteiger partial charge in [-0.1, -0.05) is 34.6 Å². The van der Waals surface area contributed by atoms with Crippen LogP contribution in [0.25, 0.3) is 55.9 Å². The maximum atomic E-state index is 9.09. The van der Waals surface area contributed by atoms with Crippen LogP contribution in [-0.4, -0.2) is 30.8 Å². The number of anilines is 2. The number of ether oxygens (including phenoxy) is 1. The molecule has 0 radical (unpaired) electrons. The molecule has 6 aromatic carbocycles. The Balaban J connectivity index is 1.15. The first-order chi connectivity index (χ1) is 34.3. The molecule has 0 aliphatic carbocycles. The van der Waals surface area contributed by atoms with Gasteiger partial charge >= 0.3 is 315 Å². The molecule has 1 aliphatic heterocycles. The summed E-state index contributed by atoms with van der Waals surface area (Å²) >= 11 is 2.18. The van der Waals surface area contributed by atoms with Crippen molar-refractivity contribution in [3.8, 4) is 56.4 Å². The first-order valence-electron chi connectivity index (χ1n) is 25.5. The molecule has 3 aromatic heterocycles. The van der Waals surface area contributed by atoms with Gasteiger partial charge < -0.3 is 0 Å². The van der Waals surface area contributed by atoms with Gasteiger partial charge in [0.2, 0.25) is 0 Å². The predicted molar refractivity (Wildman–Crippen MR) is 250 cm³/mol. The van der Waals surface area contributed by atoms with Gasteiger partial charge in [0.1, 0.15) is 0 Å². The molecule has 0 saturated heterocycles. The van der Waals surface area contributed by atoms with Crippen molar-refractivity contribution in [2.45, 2.75) is 46.4 Å². The number of hydrogen-bond acceptors (Lipinski definition) is 4. The number of hydrogen-bond donors (Lipinski definition) is 0. The second-order valence-electron chi connectivity index (χ2n) is 16.7. The van der Waals surface area contributed by atoms with Crippen molar-refractivity contribution >= 4 is 29.5 Å². The Kier molecular flexibility index (Phi) is 7.70. The fourth-order valence-corrected chi connectivity index (χ4v) is 9.39. The molecule has 1 aliphatic rings. The molecule has 62 heavy (non-hydrogen) atoms. The summed E-state index contributed by atoms with van der Waals surface area (Å²) in [5.74, 6) is 2.28. The van der Waals surface area contributed by atoms with Crippen LogP contribution in [0.3, 0.4) is 0 Å². The average molecular weight is 1000 g/mol. The molecule has 0 fully saturated rings. The van der Waals surface area contributed by atoms with Crippen LogP contribution in [0.2, 0.25) is 6.32 Å². The van der Waals surface area contributed by atoms with Crippen LogP contribution in [0.4, 0.5) is 11.5 Å². The van der Waals surface area contributed by atoms with E-state index in [9.17, 15) is 0 Å². The van der Waals surface area contributed by atoms with E-state index in [4.69, 9.17) is 28.5 Å². The first-order valence-corrected chi connectivity index (χ1v) is 21.6. The summed E-state index contributed by atoms with van der Waals surface area (Å²) in [6, 6.07) is 27.3. The second-order valence-corrected chi connectivity index (χ2v) is 17.7. The van der Waals surface area contributed by atoms with Gasteiger partial charge in [-0.3, -0.25) is 0 Å². The Morgan fingerprint density at radius 3 is 2.03 bits per heavy atom. The normalized spacial score (nSPS) is 14.8. The van der Waals surface area contributed by atoms with Crippen molar-refractivity contribution < 1.29 is 37.8 Å². The monoisotopic (exact) mass is 999 g/mol. The number of fused-ring (bicyclic) bond motifs is 4. The molecule has 0 spiro atoms. The minimum atomic E-state index is -0.559. The Hall–Kier alpha value is -6.50. The second kappa shape index (κ2) is 16.1. The zero-order valence-electron chi connectivity index (χ0n) is 44.7. The third kappa shape index (κ3) is 7.16. The summed E-state index contributed by atoms with van der Waals surface area (Å²) in [5.41, 5.74) is 6.41. The maximum absolute atomic E-state index is 9.09. The quantitative estimate of drug-likeness (QED) is 0.135. The van der Waals surface area contributed by atoms with E-state index < -0.39 is 60.4 Å². The molecule has 10 rings (SSSR count). The van der Waals surface area contributed by atoms with E-state index >= 15 is 0 Å². The van der Waals surface area contributed by atoms with E-state index in [1.54, 1.807) is 18.2 Å². The Morgan fingerprint density at radius 2 is 1.35 bits per heavy atom. The summed E-state index contributed by atoms with van der Waals surface area (Å²) in [4.78, 5) is 7.21. The van der Waals surface area contributed by atoms with Crippen LogP contribution in [0.5, 0.6) is 11.5 Å². The van der Waals surface area contributed by atoms with Gasteiger partial charge in [-0.05, 0) is 23.0 Å². The minimum absolute atomic E-state index is 0.109. The van der Waals surface area contributed by atoms with Gasteiger partial charge in [0.25, 0.3) is 0 Å². The fraction of sp³-hybridized carbons (Fsp3) is 0.151. The van der Waals surface area contributed by atoms with Crippen molar-refractivity contribution in [1.82, 2.24) is 23.8 Å². The number of pyridine rings is 1. The van der Waals surface area contributed by atoms with E-state index in [0.717, 1.165) is 34.6 Å². The predicted octanol–water partition coefficient (Wildman–Crippen LogP) is 13.3. The van der Waals surface area contributed by atoms with Crippen molar-refractivity contribution in [3.05, 3.63) is 185 Å². The Bertz CT molecular complexity index is 3610. The van der Waals surface area contributed by atoms with Crippen LogP contribution in [0.1, 0.15) is 53.9 Å². The summed E-state index contributed by atoms with van der Waals surface area (Å²) in [6.45, 7) is 10.8. The van der Waals surface area contributed by atoms with Crippen molar-refractivity contribution in [3.63, 3.8) is 0 Å². The van der Waals surface area contributed by atoms with Crippen molar-refractivity contribution in [2.75, 3.05) is 4.81 Å². The van der Waals surface area contributed by atoms with Gasteiger partial charge in [0.15, 0.2) is 0 Å². The zero-order chi connectivity index (χ0) is 51.2. The molecule has 4 heterocycles. The molecule has 0 unspecified atom stereocenters. The molecule has 0 bridgehead atoms. The molecule has 7 nitrogen and oxygen atoms in total. The summed E-state index contributed by atoms with van der Waals surface area (Å²) in [6.07, 6.45) is 4.52. The number of rotatable bonds is 9. The summed E-state index contributed by atoms with van der Waals surface area (Å²) in [7, 11) is 0. The van der Waals surface area contributed by atoms with E-state index in [0.29, 0.717) is 37.9 Å². The van der Waals surface area contributed by atoms with Crippen LogP contribution in [-0.2, 0) is 24.8 Å². The zero-order valence-corrected chi connectivity index (χ0v) is 37.0. The van der Waals surface area contributed by atoms with Crippen LogP contribution in [0, 0.1) is 9.72 Å². The van der Waals surface area contributed by atoms with Crippen molar-refractivity contribution in [1.29, 1.82) is 0 Å². The summed E-state index contributed by atoms with van der Waals surface area (Å²) in [5, 5.41) is 4.83. The number of imidazole rings is 1. The average Bonchev–Trinajstić information content (AvgIpc) is 3.97. The molecule has 0 N–H and O–H groups in total. The fourth-order valence-electron chi connectivity index (χ4n) is 8.29. The molecule has 9 aromatic rings. The molecular weight excluding hydrogens is 943 g/mol. The third-order valence-electron chi connectivity index (χ3n) is 11.1. The van der Waals surface area contributed by atoms with Crippen LogP contribution in [0.15, 0.2) is 176 Å². The molecule has 0 saturated carbocycles. The SMILES string of the molecule is [2H]c1c([2H])c([2H])c(-c2cccc(-c3c([2H])c([2H])c([2H])c([2H])c3[2H])c2-n2[c](=[Pt])n(-c3cccc(Oc4ccc5c(c4)N(c4cc(C(C)(C)C)ccn4)B(CC(C)C)n4nccc4-5)c3)c3ccccc32)c([2H])c1[2H]. The van der Waals surface area contributed by atoms with Crippen molar-refractivity contribution in [2.24, 2.45) is 5.92 Å². The van der Waals surface area contributed by atoms with E-state index in [2.05, 4.69) is 87.6 Å². The van der Waals surface area contributed by atoms with E-state index in [1.807, 2.05) is 82.2 Å². The van der Waals surface area contributed by atoms with Gasteiger partial charge in [0, 0.05) is 12.4 Å². The molecule has 0 atom stereocenters. The standard InChI is InChI=1S/C53H47BN6O.Pt/c1-37(2)35-54-59(51-32-40(28-30-55-51)53(3,4)5)50-34-43(26-27-46(50)47-29-31-56-60(47)54)61-42-21-14-20-41(33-42)57-36-58(49-25-13-12-24-48(49)57)52-44(38-16-8-6-9-17-38)22-15-23-45(52)39-18-10-7-11-19-39;/h6-34,37H,35H2,1-5H3;/i6D,7D,8D,9D,10D,11D,16D,17D,18D,19D;. The Labute approximate surface area is 388 Å². The first kappa shape index (κ1) is 29.7. The number of para-hydroxylation sites is 3. The van der Waals surface area contributed by atoms with Crippen LogP contribution >= 0.6 is 0 Å². The van der Waals surface area contributed by atoms with Gasteiger partial charge in [-0.2, -0.15) is 5.10 Å². The van der Waals surface area contributed by atoms with Gasteiger partial charge in [0.05, 0.1) is 0 Å². The topological polar surface area (TPSA) is 53.0 Å². The molecule has 9 heteroatoms. The third-order valence-corrected chi connectivity index (χ3v) is 12.1. The van der Waals surface area contributed by atoms with Gasteiger partial charge in [-0.15, -0.1) is 0 Å². The number of nitrogens with zero attached hydrogens (tertiary/aromatic N) is 6. The van der Waals surface area contributed by atoms with Gasteiger partial charge in [-0.25, -0.2) is 0 Å².